The minimum atomic E-state index is -0.515. The van der Waals surface area contributed by atoms with Crippen molar-refractivity contribution in [2.75, 3.05) is 17.7 Å². The molecule has 4 aromatic rings. The van der Waals surface area contributed by atoms with Crippen LogP contribution >= 0.6 is 23.2 Å². The number of halogens is 2. The number of fused-ring (bicyclic) bond motifs is 1. The third-order valence-corrected chi connectivity index (χ3v) is 5.14. The van der Waals surface area contributed by atoms with Crippen molar-refractivity contribution in [1.82, 2.24) is 29.7 Å². The Hall–Kier alpha value is -3.34. The van der Waals surface area contributed by atoms with E-state index >= 15 is 0 Å². The number of urea groups is 1. The van der Waals surface area contributed by atoms with Crippen LogP contribution in [0, 0.1) is 0 Å². The van der Waals surface area contributed by atoms with Gasteiger partial charge in [0.05, 0.1) is 45.9 Å². The molecule has 0 aliphatic heterocycles. The predicted molar refractivity (Wildman–Crippen MR) is 122 cm³/mol. The van der Waals surface area contributed by atoms with Crippen molar-refractivity contribution in [2.24, 2.45) is 7.05 Å². The molecule has 1 unspecified atom stereocenters. The number of nitrogens with one attached hydrogen (secondary N) is 2. The van der Waals surface area contributed by atoms with Crippen molar-refractivity contribution in [2.45, 2.75) is 13.0 Å². The summed E-state index contributed by atoms with van der Waals surface area (Å²) < 4.78 is 7.02. The third kappa shape index (κ3) is 4.47. The second kappa shape index (κ2) is 9.03. The molecule has 2 N–H and O–H groups in total. The monoisotopic (exact) mass is 472 g/mol. The Morgan fingerprint density at radius 1 is 1.16 bits per heavy atom. The first-order valence-corrected chi connectivity index (χ1v) is 10.2. The number of ether oxygens (including phenoxy) is 1. The number of amides is 2. The van der Waals surface area contributed by atoms with Crippen molar-refractivity contribution < 1.29 is 9.53 Å². The van der Waals surface area contributed by atoms with Crippen LogP contribution in [0.15, 0.2) is 36.9 Å². The number of hydrogen-bond donors (Lipinski definition) is 2. The fourth-order valence-electron chi connectivity index (χ4n) is 3.09. The van der Waals surface area contributed by atoms with E-state index in [9.17, 15) is 4.79 Å². The van der Waals surface area contributed by atoms with Crippen LogP contribution in [0.4, 0.5) is 16.2 Å². The van der Waals surface area contributed by atoms with Crippen LogP contribution < -0.4 is 10.6 Å². The molecule has 0 aliphatic carbocycles. The van der Waals surface area contributed by atoms with Gasteiger partial charge in [-0.3, -0.25) is 9.67 Å². The highest BCUT2D eigenvalue weighted by atomic mass is 35.5. The molecule has 0 saturated heterocycles. The number of rotatable bonds is 5. The zero-order valence-electron chi connectivity index (χ0n) is 17.3. The Bertz CT molecular complexity index is 1310. The Labute approximate surface area is 193 Å². The summed E-state index contributed by atoms with van der Waals surface area (Å²) in [7, 11) is 3.31. The van der Waals surface area contributed by atoms with E-state index in [1.54, 1.807) is 49.6 Å². The largest absolute Gasteiger partial charge is 0.377 e. The number of aryl methyl sites for hydroxylation is 1. The highest BCUT2D eigenvalue weighted by molar-refractivity contribution is 6.33. The molecule has 10 nitrogen and oxygen atoms in total. The van der Waals surface area contributed by atoms with Crippen LogP contribution in [0.2, 0.25) is 10.2 Å². The maximum atomic E-state index is 12.7. The number of pyridine rings is 3. The van der Waals surface area contributed by atoms with Crippen molar-refractivity contribution in [3.63, 3.8) is 0 Å². The molecule has 0 radical (unpaired) electrons. The van der Waals surface area contributed by atoms with Gasteiger partial charge in [0.25, 0.3) is 0 Å². The molecular formula is C20H18Cl2N8O2. The highest BCUT2D eigenvalue weighted by Gasteiger charge is 2.19. The van der Waals surface area contributed by atoms with Gasteiger partial charge < -0.3 is 15.4 Å². The van der Waals surface area contributed by atoms with Gasteiger partial charge in [-0.05, 0) is 25.1 Å². The van der Waals surface area contributed by atoms with Crippen LogP contribution in [0.3, 0.4) is 0 Å². The molecule has 4 heterocycles. The Morgan fingerprint density at radius 2 is 1.97 bits per heavy atom. The van der Waals surface area contributed by atoms with Gasteiger partial charge >= 0.3 is 6.03 Å². The molecule has 0 aromatic carbocycles. The van der Waals surface area contributed by atoms with Crippen LogP contribution in [0.25, 0.3) is 22.6 Å². The van der Waals surface area contributed by atoms with Gasteiger partial charge in [-0.25, -0.2) is 19.7 Å². The Balaban J connectivity index is 1.58. The van der Waals surface area contributed by atoms with Crippen molar-refractivity contribution in [1.29, 1.82) is 0 Å². The normalized spacial score (nSPS) is 12.0. The number of carbonyl (C=O) groups excluding carboxylic acids is 1. The standard InChI is InChI=1S/C20H18Cl2N8O2/c1-10(32-3)16-14(8-23-13-4-5-15(22)28-18(13)16)27-20(31)26-11-6-12(21)17(24-7-11)19-25-9-30(2)29-19/h4-10H,1-3H3,(H2,26,27,31). The summed E-state index contributed by atoms with van der Waals surface area (Å²) >= 11 is 12.4. The molecule has 0 aliphatic rings. The summed E-state index contributed by atoms with van der Waals surface area (Å²) in [5, 5.41) is 10.3. The van der Waals surface area contributed by atoms with E-state index in [2.05, 4.69) is 35.7 Å². The molecule has 32 heavy (non-hydrogen) atoms. The molecule has 4 rings (SSSR count). The van der Waals surface area contributed by atoms with Gasteiger partial charge in [0, 0.05) is 19.7 Å². The summed E-state index contributed by atoms with van der Waals surface area (Å²) in [5.74, 6) is 0.389. The first kappa shape index (κ1) is 21.9. The van der Waals surface area contributed by atoms with Gasteiger partial charge in [-0.2, -0.15) is 0 Å². The summed E-state index contributed by atoms with van der Waals surface area (Å²) in [4.78, 5) is 29.8. The number of methoxy groups -OCH3 is 1. The molecule has 0 spiro atoms. The van der Waals surface area contributed by atoms with Crippen LogP contribution in [-0.4, -0.2) is 42.9 Å². The van der Waals surface area contributed by atoms with E-state index in [4.69, 9.17) is 27.9 Å². The molecule has 2 amide bonds. The highest BCUT2D eigenvalue weighted by Crippen LogP contribution is 2.32. The van der Waals surface area contributed by atoms with Crippen molar-refractivity contribution in [3.8, 4) is 11.5 Å². The summed E-state index contributed by atoms with van der Waals surface area (Å²) in [6.45, 7) is 1.84. The zero-order chi connectivity index (χ0) is 22.8. The van der Waals surface area contributed by atoms with E-state index in [1.165, 1.54) is 6.20 Å². The first-order valence-electron chi connectivity index (χ1n) is 9.43. The second-order valence-electron chi connectivity index (χ2n) is 6.84. The SMILES string of the molecule is COC(C)c1c(NC(=O)Nc2cnc(-c3ncn(C)n3)c(Cl)c2)cnc2ccc(Cl)nc12. The number of nitrogens with zero attached hydrogens (tertiary/aromatic N) is 6. The molecule has 0 bridgehead atoms. The lowest BCUT2D eigenvalue weighted by atomic mass is 10.1. The smallest absolute Gasteiger partial charge is 0.323 e. The number of aromatic nitrogens is 6. The fourth-order valence-corrected chi connectivity index (χ4v) is 3.49. The van der Waals surface area contributed by atoms with Gasteiger partial charge in [0.2, 0.25) is 5.82 Å². The minimum absolute atomic E-state index is 0.300. The third-order valence-electron chi connectivity index (χ3n) is 4.64. The Kier molecular flexibility index (Phi) is 6.17. The van der Waals surface area contributed by atoms with Crippen LogP contribution in [0.1, 0.15) is 18.6 Å². The Morgan fingerprint density at radius 3 is 2.66 bits per heavy atom. The molecule has 0 saturated carbocycles. The first-order chi connectivity index (χ1) is 15.4. The van der Waals surface area contributed by atoms with Gasteiger partial charge in [0.1, 0.15) is 17.2 Å². The van der Waals surface area contributed by atoms with Crippen LogP contribution in [0.5, 0.6) is 0 Å². The quantitative estimate of drug-likeness (QED) is 0.410. The molecule has 1 atom stereocenters. The summed E-state index contributed by atoms with van der Waals surface area (Å²) in [6, 6.07) is 4.46. The molecular weight excluding hydrogens is 455 g/mol. The predicted octanol–water partition coefficient (Wildman–Crippen LogP) is 4.48. The van der Waals surface area contributed by atoms with Gasteiger partial charge in [-0.1, -0.05) is 23.2 Å². The van der Waals surface area contributed by atoms with E-state index in [-0.39, 0.29) is 6.10 Å². The molecule has 0 fully saturated rings. The van der Waals surface area contributed by atoms with E-state index in [0.717, 1.165) is 0 Å². The van der Waals surface area contributed by atoms with E-state index < -0.39 is 6.03 Å². The number of hydrogen-bond acceptors (Lipinski definition) is 7. The topological polar surface area (TPSA) is 120 Å². The van der Waals surface area contributed by atoms with Gasteiger partial charge in [0.15, 0.2) is 0 Å². The average molecular weight is 473 g/mol. The lowest BCUT2D eigenvalue weighted by molar-refractivity contribution is 0.121. The maximum Gasteiger partial charge on any atom is 0.323 e. The van der Waals surface area contributed by atoms with Crippen molar-refractivity contribution >= 4 is 51.6 Å². The lowest BCUT2D eigenvalue weighted by Gasteiger charge is -2.18. The number of carbonyl (C=O) groups is 1. The summed E-state index contributed by atoms with van der Waals surface area (Å²) in [6.07, 6.45) is 4.19. The fraction of sp³-hybridized carbons (Fsp3) is 0.200. The maximum absolute atomic E-state index is 12.7. The second-order valence-corrected chi connectivity index (χ2v) is 7.64. The number of anilines is 2. The van der Waals surface area contributed by atoms with Crippen molar-refractivity contribution in [3.05, 3.63) is 52.7 Å². The van der Waals surface area contributed by atoms with Gasteiger partial charge in [-0.15, -0.1) is 5.10 Å². The van der Waals surface area contributed by atoms with Crippen LogP contribution in [-0.2, 0) is 11.8 Å². The summed E-state index contributed by atoms with van der Waals surface area (Å²) in [5.41, 5.74) is 3.07. The molecule has 4 aromatic heterocycles. The van der Waals surface area contributed by atoms with E-state index in [1.807, 2.05) is 6.92 Å². The van der Waals surface area contributed by atoms with E-state index in [0.29, 0.717) is 49.7 Å². The lowest BCUT2D eigenvalue weighted by Crippen LogP contribution is -2.21. The zero-order valence-corrected chi connectivity index (χ0v) is 18.8. The molecule has 164 valence electrons. The molecule has 12 heteroatoms. The minimum Gasteiger partial charge on any atom is -0.377 e. The average Bonchev–Trinajstić information content (AvgIpc) is 3.19.